The quantitative estimate of drug-likeness (QED) is 0.743. The van der Waals surface area contributed by atoms with Crippen LogP contribution in [0.15, 0.2) is 40.7 Å². The topological polar surface area (TPSA) is 36.3 Å². The summed E-state index contributed by atoms with van der Waals surface area (Å²) in [6, 6.07) is 3.87. The van der Waals surface area contributed by atoms with Crippen molar-refractivity contribution in [2.24, 2.45) is 0 Å². The molecule has 1 aliphatic rings. The van der Waals surface area contributed by atoms with Gasteiger partial charge in [-0.1, -0.05) is 15.9 Å². The van der Waals surface area contributed by atoms with Gasteiger partial charge in [0.1, 0.15) is 5.76 Å². The fourth-order valence-corrected chi connectivity index (χ4v) is 3.17. The molecule has 0 saturated heterocycles. The molecule has 4 nitrogen and oxygen atoms in total. The van der Waals surface area contributed by atoms with E-state index in [9.17, 15) is 8.78 Å². The van der Waals surface area contributed by atoms with Gasteiger partial charge in [0.25, 0.3) is 0 Å². The van der Waals surface area contributed by atoms with Crippen molar-refractivity contribution in [2.45, 2.75) is 19.3 Å². The van der Waals surface area contributed by atoms with Gasteiger partial charge in [-0.15, -0.1) is 0 Å². The standard InChI is InChI=1S/C16H15BrF2N2O2/c1-9-3-11(17)4-10-7-20-21(16(9)10)12-5-13(18)15(19)14(6-12)23-8-22-2/h3-7,13,15H,8H2,1-2H3. The molecule has 1 aliphatic carbocycles. The van der Waals surface area contributed by atoms with Crippen LogP contribution in [0.4, 0.5) is 8.78 Å². The van der Waals surface area contributed by atoms with E-state index < -0.39 is 12.3 Å². The number of aryl methyl sites for hydroxylation is 1. The maximum Gasteiger partial charge on any atom is 0.192 e. The first-order valence-corrected chi connectivity index (χ1v) is 7.78. The summed E-state index contributed by atoms with van der Waals surface area (Å²) in [7, 11) is 1.42. The molecule has 1 aromatic carbocycles. The molecule has 2 aromatic rings. The summed E-state index contributed by atoms with van der Waals surface area (Å²) >= 11 is 3.44. The van der Waals surface area contributed by atoms with Gasteiger partial charge in [-0.2, -0.15) is 5.10 Å². The number of rotatable bonds is 4. The number of halogens is 3. The van der Waals surface area contributed by atoms with Gasteiger partial charge >= 0.3 is 0 Å². The monoisotopic (exact) mass is 384 g/mol. The molecule has 0 aliphatic heterocycles. The summed E-state index contributed by atoms with van der Waals surface area (Å²) in [6.07, 6.45) is 0.709. The molecule has 0 spiro atoms. The van der Waals surface area contributed by atoms with Gasteiger partial charge in [0.2, 0.25) is 0 Å². The van der Waals surface area contributed by atoms with Crippen LogP contribution in [0.25, 0.3) is 16.6 Å². The van der Waals surface area contributed by atoms with Gasteiger partial charge in [-0.25, -0.2) is 13.5 Å². The largest absolute Gasteiger partial charge is 0.469 e. The molecule has 0 N–H and O–H groups in total. The minimum absolute atomic E-state index is 0.102. The van der Waals surface area contributed by atoms with Crippen LogP contribution in [-0.2, 0) is 9.47 Å². The van der Waals surface area contributed by atoms with E-state index in [1.807, 2.05) is 19.1 Å². The maximum atomic E-state index is 14.0. The number of alkyl halides is 2. The van der Waals surface area contributed by atoms with Crippen molar-refractivity contribution in [1.29, 1.82) is 0 Å². The van der Waals surface area contributed by atoms with Gasteiger partial charge in [-0.3, -0.25) is 0 Å². The lowest BCUT2D eigenvalue weighted by molar-refractivity contribution is -0.0145. The smallest absolute Gasteiger partial charge is 0.192 e. The van der Waals surface area contributed by atoms with Crippen molar-refractivity contribution in [3.8, 4) is 0 Å². The number of fused-ring (bicyclic) bond motifs is 1. The van der Waals surface area contributed by atoms with Gasteiger partial charge < -0.3 is 9.47 Å². The molecule has 0 fully saturated rings. The Morgan fingerprint density at radius 1 is 1.35 bits per heavy atom. The van der Waals surface area contributed by atoms with Gasteiger partial charge in [0.05, 0.1) is 17.4 Å². The lowest BCUT2D eigenvalue weighted by atomic mass is 10.1. The van der Waals surface area contributed by atoms with Crippen molar-refractivity contribution < 1.29 is 18.3 Å². The number of nitrogens with zero attached hydrogens (tertiary/aromatic N) is 2. The third-order valence-electron chi connectivity index (χ3n) is 3.58. The van der Waals surface area contributed by atoms with Crippen LogP contribution in [0.3, 0.4) is 0 Å². The highest BCUT2D eigenvalue weighted by molar-refractivity contribution is 9.10. The normalized spacial score (nSPS) is 21.3. The van der Waals surface area contributed by atoms with Crippen molar-refractivity contribution in [3.05, 3.63) is 46.3 Å². The fraction of sp³-hybridized carbons (Fsp3) is 0.312. The Morgan fingerprint density at radius 2 is 2.13 bits per heavy atom. The van der Waals surface area contributed by atoms with E-state index in [-0.39, 0.29) is 12.6 Å². The van der Waals surface area contributed by atoms with Crippen LogP contribution in [-0.4, -0.2) is 36.0 Å². The van der Waals surface area contributed by atoms with Crippen molar-refractivity contribution >= 4 is 32.5 Å². The summed E-state index contributed by atoms with van der Waals surface area (Å²) < 4.78 is 40.3. The molecule has 0 radical (unpaired) electrons. The second kappa shape index (κ2) is 6.41. The molecular formula is C16H15BrF2N2O2. The lowest BCUT2D eigenvalue weighted by Crippen LogP contribution is -2.24. The van der Waals surface area contributed by atoms with Crippen LogP contribution >= 0.6 is 15.9 Å². The SMILES string of the molecule is COCOC1=CC(n2ncc3cc(Br)cc(C)c32)=CC(F)C1F. The number of hydrogen-bond acceptors (Lipinski definition) is 3. The second-order valence-corrected chi connectivity index (χ2v) is 6.17. The zero-order chi connectivity index (χ0) is 16.6. The highest BCUT2D eigenvalue weighted by Crippen LogP contribution is 2.31. The highest BCUT2D eigenvalue weighted by atomic mass is 79.9. The number of allylic oxidation sites excluding steroid dienone is 4. The van der Waals surface area contributed by atoms with Crippen LogP contribution in [0.2, 0.25) is 0 Å². The molecule has 0 amide bonds. The predicted octanol–water partition coefficient (Wildman–Crippen LogP) is 4.14. The minimum atomic E-state index is -1.84. The molecule has 7 heteroatoms. The molecule has 2 unspecified atom stereocenters. The number of hydrogen-bond donors (Lipinski definition) is 0. The molecule has 122 valence electrons. The van der Waals surface area contributed by atoms with E-state index in [2.05, 4.69) is 21.0 Å². The van der Waals surface area contributed by atoms with E-state index in [4.69, 9.17) is 9.47 Å². The molecule has 23 heavy (non-hydrogen) atoms. The molecule has 0 bridgehead atoms. The summed E-state index contributed by atoms with van der Waals surface area (Å²) in [5.41, 5.74) is 2.24. The Morgan fingerprint density at radius 3 is 2.87 bits per heavy atom. The van der Waals surface area contributed by atoms with Gasteiger partial charge in [-0.05, 0) is 30.7 Å². The second-order valence-electron chi connectivity index (χ2n) is 5.25. The Labute approximate surface area is 140 Å². The highest BCUT2D eigenvalue weighted by Gasteiger charge is 2.30. The fourth-order valence-electron chi connectivity index (χ4n) is 2.58. The van der Waals surface area contributed by atoms with E-state index in [0.717, 1.165) is 20.9 Å². The Hall–Kier alpha value is -1.73. The van der Waals surface area contributed by atoms with Crippen LogP contribution in [0.1, 0.15) is 5.56 Å². The van der Waals surface area contributed by atoms with E-state index >= 15 is 0 Å². The van der Waals surface area contributed by atoms with E-state index in [1.54, 1.807) is 10.9 Å². The molecule has 1 heterocycles. The Bertz CT molecular complexity index is 801. The average molecular weight is 385 g/mol. The van der Waals surface area contributed by atoms with Crippen molar-refractivity contribution in [2.75, 3.05) is 13.9 Å². The number of methoxy groups -OCH3 is 1. The molecule has 2 atom stereocenters. The summed E-state index contributed by atoms with van der Waals surface area (Å²) in [4.78, 5) is 0. The number of aromatic nitrogens is 2. The number of benzene rings is 1. The Kier molecular flexibility index (Phi) is 4.50. The summed E-state index contributed by atoms with van der Waals surface area (Å²) in [5, 5.41) is 5.21. The van der Waals surface area contributed by atoms with Gasteiger partial charge in [0.15, 0.2) is 19.1 Å². The maximum absolute atomic E-state index is 14.0. The van der Waals surface area contributed by atoms with Gasteiger partial charge in [0, 0.05) is 23.0 Å². The predicted molar refractivity (Wildman–Crippen MR) is 87.3 cm³/mol. The third kappa shape index (κ3) is 3.03. The van der Waals surface area contributed by atoms with Crippen molar-refractivity contribution in [3.63, 3.8) is 0 Å². The van der Waals surface area contributed by atoms with Crippen LogP contribution in [0.5, 0.6) is 0 Å². The molecule has 0 saturated carbocycles. The zero-order valence-corrected chi connectivity index (χ0v) is 14.2. The van der Waals surface area contributed by atoms with Crippen molar-refractivity contribution in [1.82, 2.24) is 9.78 Å². The first kappa shape index (κ1) is 16.1. The van der Waals surface area contributed by atoms with E-state index in [1.165, 1.54) is 19.3 Å². The van der Waals surface area contributed by atoms with Crippen LogP contribution < -0.4 is 0 Å². The lowest BCUT2D eigenvalue weighted by Gasteiger charge is -2.21. The average Bonchev–Trinajstić information content (AvgIpc) is 2.92. The molecule has 3 rings (SSSR count). The Balaban J connectivity index is 2.07. The minimum Gasteiger partial charge on any atom is -0.469 e. The zero-order valence-electron chi connectivity index (χ0n) is 12.6. The molecular weight excluding hydrogens is 370 g/mol. The summed E-state index contributed by atoms with van der Waals surface area (Å²) in [5.74, 6) is -0.102. The summed E-state index contributed by atoms with van der Waals surface area (Å²) in [6.45, 7) is 1.80. The van der Waals surface area contributed by atoms with E-state index in [0.29, 0.717) is 5.70 Å². The molecule has 1 aromatic heterocycles. The third-order valence-corrected chi connectivity index (χ3v) is 4.04. The number of ether oxygens (including phenoxy) is 2. The van der Waals surface area contributed by atoms with Crippen LogP contribution in [0, 0.1) is 6.92 Å². The first-order chi connectivity index (χ1) is 11.0. The first-order valence-electron chi connectivity index (χ1n) is 6.99.